The number of hydrogen-bond acceptors (Lipinski definition) is 3. The van der Waals surface area contributed by atoms with Crippen LogP contribution in [0.1, 0.15) is 13.8 Å². The van der Waals surface area contributed by atoms with E-state index in [1.165, 1.54) is 13.8 Å². The van der Waals surface area contributed by atoms with Gasteiger partial charge >= 0.3 is 5.97 Å². The molecule has 0 aromatic heterocycles. The number of benzene rings is 1. The monoisotopic (exact) mass is 293 g/mol. The van der Waals surface area contributed by atoms with Crippen LogP contribution in [-0.2, 0) is 14.8 Å². The molecule has 0 amide bonds. The van der Waals surface area contributed by atoms with Crippen LogP contribution < -0.4 is 4.72 Å². The van der Waals surface area contributed by atoms with Gasteiger partial charge in [-0.05, 0) is 24.1 Å². The van der Waals surface area contributed by atoms with E-state index in [4.69, 9.17) is 5.11 Å². The summed E-state index contributed by atoms with van der Waals surface area (Å²) in [7, 11) is -4.45. The van der Waals surface area contributed by atoms with Crippen molar-refractivity contribution in [2.45, 2.75) is 24.8 Å². The summed E-state index contributed by atoms with van der Waals surface area (Å²) in [6.07, 6.45) is 0. The molecular formula is C11H13F2NO4S. The van der Waals surface area contributed by atoms with Crippen molar-refractivity contribution in [1.29, 1.82) is 0 Å². The Morgan fingerprint density at radius 3 is 2.37 bits per heavy atom. The van der Waals surface area contributed by atoms with Crippen molar-refractivity contribution in [3.05, 3.63) is 29.8 Å². The predicted molar refractivity (Wildman–Crippen MR) is 62.9 cm³/mol. The number of sulfonamides is 1. The normalized spacial score (nSPS) is 13.5. The number of aliphatic carboxylic acids is 1. The Labute approximate surface area is 109 Å². The van der Waals surface area contributed by atoms with Crippen LogP contribution in [0.25, 0.3) is 0 Å². The van der Waals surface area contributed by atoms with Gasteiger partial charge in [0, 0.05) is 0 Å². The van der Waals surface area contributed by atoms with E-state index in [1.807, 2.05) is 4.72 Å². The highest BCUT2D eigenvalue weighted by atomic mass is 32.2. The Kier molecular flexibility index (Phi) is 4.59. The molecule has 0 fully saturated rings. The van der Waals surface area contributed by atoms with Gasteiger partial charge in [-0.25, -0.2) is 17.2 Å². The Bertz CT molecular complexity index is 586. The largest absolute Gasteiger partial charge is 0.480 e. The summed E-state index contributed by atoms with van der Waals surface area (Å²) in [6.45, 7) is 2.98. The van der Waals surface area contributed by atoms with Crippen molar-refractivity contribution in [3.8, 4) is 0 Å². The molecule has 0 saturated heterocycles. The number of rotatable bonds is 5. The lowest BCUT2D eigenvalue weighted by Crippen LogP contribution is -2.44. The number of carboxylic acid groups (broad SMARTS) is 1. The molecule has 0 heterocycles. The van der Waals surface area contributed by atoms with Crippen LogP contribution in [0.3, 0.4) is 0 Å². The third-order valence-corrected chi connectivity index (χ3v) is 3.85. The number of halogens is 2. The highest BCUT2D eigenvalue weighted by molar-refractivity contribution is 7.89. The maximum Gasteiger partial charge on any atom is 0.322 e. The zero-order chi connectivity index (χ0) is 14.8. The molecule has 5 nitrogen and oxygen atoms in total. The summed E-state index contributed by atoms with van der Waals surface area (Å²) in [6, 6.07) is 0.505. The van der Waals surface area contributed by atoms with Crippen molar-refractivity contribution >= 4 is 16.0 Å². The molecule has 8 heteroatoms. The van der Waals surface area contributed by atoms with Gasteiger partial charge in [0.05, 0.1) is 0 Å². The first-order valence-electron chi connectivity index (χ1n) is 5.35. The average Bonchev–Trinajstić information content (AvgIpc) is 2.28. The van der Waals surface area contributed by atoms with Gasteiger partial charge in [-0.3, -0.25) is 4.79 Å². The van der Waals surface area contributed by atoms with Gasteiger partial charge in [-0.15, -0.1) is 0 Å². The minimum absolute atomic E-state index is 0.497. The lowest BCUT2D eigenvalue weighted by Gasteiger charge is -2.18. The van der Waals surface area contributed by atoms with E-state index in [0.717, 1.165) is 6.07 Å². The third-order valence-electron chi connectivity index (χ3n) is 2.40. The molecule has 1 unspecified atom stereocenters. The van der Waals surface area contributed by atoms with Gasteiger partial charge in [0.2, 0.25) is 10.0 Å². The van der Waals surface area contributed by atoms with Crippen molar-refractivity contribution < 1.29 is 27.1 Å². The topological polar surface area (TPSA) is 83.5 Å². The van der Waals surface area contributed by atoms with Gasteiger partial charge in [0.25, 0.3) is 0 Å². The van der Waals surface area contributed by atoms with Crippen LogP contribution in [-0.4, -0.2) is 25.5 Å². The smallest absolute Gasteiger partial charge is 0.322 e. The number of carboxylic acids is 1. The maximum atomic E-state index is 13.4. The molecule has 1 rings (SSSR count). The van der Waals surface area contributed by atoms with E-state index in [2.05, 4.69) is 0 Å². The average molecular weight is 293 g/mol. The summed E-state index contributed by atoms with van der Waals surface area (Å²) < 4.78 is 51.9. The van der Waals surface area contributed by atoms with Crippen LogP contribution >= 0.6 is 0 Å². The van der Waals surface area contributed by atoms with Crippen LogP contribution in [0.4, 0.5) is 8.78 Å². The number of hydrogen-bond donors (Lipinski definition) is 2. The van der Waals surface area contributed by atoms with Crippen molar-refractivity contribution in [2.75, 3.05) is 0 Å². The van der Waals surface area contributed by atoms with E-state index in [9.17, 15) is 22.0 Å². The second kappa shape index (κ2) is 5.62. The van der Waals surface area contributed by atoms with Gasteiger partial charge in [-0.1, -0.05) is 13.8 Å². The molecule has 106 valence electrons. The Morgan fingerprint density at radius 1 is 1.32 bits per heavy atom. The molecule has 1 atom stereocenters. The third kappa shape index (κ3) is 3.71. The molecule has 0 spiro atoms. The molecular weight excluding hydrogens is 280 g/mol. The fourth-order valence-electron chi connectivity index (χ4n) is 1.39. The minimum Gasteiger partial charge on any atom is -0.480 e. The van der Waals surface area contributed by atoms with E-state index in [0.29, 0.717) is 12.1 Å². The molecule has 2 N–H and O–H groups in total. The van der Waals surface area contributed by atoms with E-state index in [-0.39, 0.29) is 0 Å². The summed E-state index contributed by atoms with van der Waals surface area (Å²) in [4.78, 5) is 9.99. The fourth-order valence-corrected chi connectivity index (χ4v) is 2.81. The van der Waals surface area contributed by atoms with Crippen LogP contribution in [0.2, 0.25) is 0 Å². The molecule has 0 radical (unpaired) electrons. The highest BCUT2D eigenvalue weighted by Gasteiger charge is 2.29. The molecule has 0 bridgehead atoms. The predicted octanol–water partition coefficient (Wildman–Crippen LogP) is 1.35. The van der Waals surface area contributed by atoms with Gasteiger partial charge in [0.15, 0.2) is 0 Å². The van der Waals surface area contributed by atoms with E-state index >= 15 is 0 Å². The quantitative estimate of drug-likeness (QED) is 0.858. The second-order valence-electron chi connectivity index (χ2n) is 4.26. The zero-order valence-electron chi connectivity index (χ0n) is 10.2. The van der Waals surface area contributed by atoms with Crippen molar-refractivity contribution in [1.82, 2.24) is 4.72 Å². The van der Waals surface area contributed by atoms with Crippen molar-refractivity contribution in [3.63, 3.8) is 0 Å². The summed E-state index contributed by atoms with van der Waals surface area (Å²) in [5, 5.41) is 8.88. The SMILES string of the molecule is CC(C)C(NS(=O)(=O)c1cc(F)ccc1F)C(=O)O. The Balaban J connectivity index is 3.17. The van der Waals surface area contributed by atoms with Crippen LogP contribution in [0.5, 0.6) is 0 Å². The van der Waals surface area contributed by atoms with Gasteiger partial charge < -0.3 is 5.11 Å². The van der Waals surface area contributed by atoms with E-state index in [1.54, 1.807) is 0 Å². The molecule has 0 aliphatic carbocycles. The van der Waals surface area contributed by atoms with Crippen LogP contribution in [0.15, 0.2) is 23.1 Å². The standard InChI is InChI=1S/C11H13F2NO4S/c1-6(2)10(11(15)16)14-19(17,18)9-5-7(12)3-4-8(9)13/h3-6,10,14H,1-2H3,(H,15,16). The van der Waals surface area contributed by atoms with Crippen LogP contribution in [0, 0.1) is 17.6 Å². The lowest BCUT2D eigenvalue weighted by molar-refractivity contribution is -0.140. The molecule has 0 aliphatic rings. The summed E-state index contributed by atoms with van der Waals surface area (Å²) in [5.74, 6) is -4.03. The van der Waals surface area contributed by atoms with Gasteiger partial charge in [-0.2, -0.15) is 4.72 Å². The number of nitrogens with one attached hydrogen (secondary N) is 1. The van der Waals surface area contributed by atoms with Crippen molar-refractivity contribution in [2.24, 2.45) is 5.92 Å². The maximum absolute atomic E-state index is 13.4. The Hall–Kier alpha value is -1.54. The first-order chi connectivity index (χ1) is 8.65. The first-order valence-corrected chi connectivity index (χ1v) is 6.83. The van der Waals surface area contributed by atoms with Gasteiger partial charge in [0.1, 0.15) is 22.6 Å². The molecule has 0 saturated carbocycles. The molecule has 0 aliphatic heterocycles. The Morgan fingerprint density at radius 2 is 1.89 bits per heavy atom. The zero-order valence-corrected chi connectivity index (χ0v) is 11.0. The first kappa shape index (κ1) is 15.5. The molecule has 19 heavy (non-hydrogen) atoms. The van der Waals surface area contributed by atoms with E-state index < -0.39 is 44.5 Å². The fraction of sp³-hybridized carbons (Fsp3) is 0.364. The molecule has 1 aromatic rings. The second-order valence-corrected chi connectivity index (χ2v) is 5.94. The highest BCUT2D eigenvalue weighted by Crippen LogP contribution is 2.17. The number of carbonyl (C=O) groups is 1. The summed E-state index contributed by atoms with van der Waals surface area (Å²) >= 11 is 0. The summed E-state index contributed by atoms with van der Waals surface area (Å²) in [5.41, 5.74) is 0. The molecule has 1 aromatic carbocycles. The lowest BCUT2D eigenvalue weighted by atomic mass is 10.1. The minimum atomic E-state index is -4.45.